The van der Waals surface area contributed by atoms with E-state index in [1.165, 1.54) is 0 Å². The van der Waals surface area contributed by atoms with Crippen molar-refractivity contribution in [2.24, 2.45) is 0 Å². The molecule has 0 aliphatic carbocycles. The maximum atomic E-state index is 6.01. The maximum absolute atomic E-state index is 6.01. The molecule has 0 fully saturated rings. The summed E-state index contributed by atoms with van der Waals surface area (Å²) in [5, 5.41) is 0. The summed E-state index contributed by atoms with van der Waals surface area (Å²) >= 11 is 0. The van der Waals surface area contributed by atoms with E-state index in [0.717, 1.165) is 34.2 Å². The predicted octanol–water partition coefficient (Wildman–Crippen LogP) is 3.60. The predicted molar refractivity (Wildman–Crippen MR) is 89.8 cm³/mol. The molecule has 22 heavy (non-hydrogen) atoms. The van der Waals surface area contributed by atoms with Crippen LogP contribution in [-0.4, -0.2) is 23.5 Å². The van der Waals surface area contributed by atoms with Gasteiger partial charge in [-0.15, -0.1) is 0 Å². The van der Waals surface area contributed by atoms with Crippen LogP contribution in [0.3, 0.4) is 0 Å². The fraction of sp³-hybridized carbons (Fsp3) is 0.278. The maximum Gasteiger partial charge on any atom is 0.181 e. The fourth-order valence-electron chi connectivity index (χ4n) is 2.74. The van der Waals surface area contributed by atoms with Crippen LogP contribution in [-0.2, 0) is 6.61 Å². The van der Waals surface area contributed by atoms with Crippen molar-refractivity contribution in [1.29, 1.82) is 0 Å². The molecule has 0 radical (unpaired) electrons. The largest absolute Gasteiger partial charge is 0.485 e. The number of nitrogens with zero attached hydrogens (tertiary/aromatic N) is 3. The third kappa shape index (κ3) is 2.52. The van der Waals surface area contributed by atoms with Crippen LogP contribution in [0, 0.1) is 13.8 Å². The first-order valence-electron chi connectivity index (χ1n) is 7.40. The standard InChI is InChI=1S/C18H21N3O/c1-13-10-11-16(22-12-15-8-6-5-7-9-15)17-19-14(2)18(20(3)4)21(13)17/h5-11H,12H2,1-4H3. The second kappa shape index (κ2) is 5.72. The first-order valence-corrected chi connectivity index (χ1v) is 7.40. The number of aromatic nitrogens is 2. The molecule has 2 heterocycles. The van der Waals surface area contributed by atoms with Crippen LogP contribution in [0.1, 0.15) is 17.0 Å². The van der Waals surface area contributed by atoms with Gasteiger partial charge in [-0.3, -0.25) is 4.40 Å². The van der Waals surface area contributed by atoms with Gasteiger partial charge in [0.2, 0.25) is 0 Å². The minimum Gasteiger partial charge on any atom is -0.485 e. The third-order valence-corrected chi connectivity index (χ3v) is 3.73. The van der Waals surface area contributed by atoms with Crippen molar-refractivity contribution >= 4 is 11.5 Å². The van der Waals surface area contributed by atoms with E-state index in [4.69, 9.17) is 9.72 Å². The number of anilines is 1. The molecule has 0 atom stereocenters. The number of rotatable bonds is 4. The topological polar surface area (TPSA) is 29.8 Å². The van der Waals surface area contributed by atoms with E-state index in [1.807, 2.05) is 45.3 Å². The van der Waals surface area contributed by atoms with Gasteiger partial charge in [0, 0.05) is 19.8 Å². The van der Waals surface area contributed by atoms with E-state index in [0.29, 0.717) is 6.61 Å². The van der Waals surface area contributed by atoms with E-state index >= 15 is 0 Å². The first kappa shape index (κ1) is 14.4. The Morgan fingerprint density at radius 1 is 1.05 bits per heavy atom. The molecule has 4 nitrogen and oxygen atoms in total. The quantitative estimate of drug-likeness (QED) is 0.736. The van der Waals surface area contributed by atoms with Crippen LogP contribution in [0.25, 0.3) is 5.65 Å². The fourth-order valence-corrected chi connectivity index (χ4v) is 2.74. The molecule has 4 heteroatoms. The number of hydrogen-bond acceptors (Lipinski definition) is 3. The lowest BCUT2D eigenvalue weighted by molar-refractivity contribution is 0.308. The lowest BCUT2D eigenvalue weighted by atomic mass is 10.2. The van der Waals surface area contributed by atoms with E-state index in [-0.39, 0.29) is 0 Å². The third-order valence-electron chi connectivity index (χ3n) is 3.73. The minimum atomic E-state index is 0.544. The van der Waals surface area contributed by atoms with Crippen molar-refractivity contribution in [2.45, 2.75) is 20.5 Å². The highest BCUT2D eigenvalue weighted by molar-refractivity contribution is 5.64. The second-order valence-electron chi connectivity index (χ2n) is 5.69. The Morgan fingerprint density at radius 3 is 2.45 bits per heavy atom. The number of benzene rings is 1. The molecule has 0 saturated heterocycles. The summed E-state index contributed by atoms with van der Waals surface area (Å²) in [6, 6.07) is 14.2. The Hall–Kier alpha value is -2.49. The molecule has 0 amide bonds. The number of ether oxygens (including phenoxy) is 1. The van der Waals surface area contributed by atoms with Gasteiger partial charge in [0.15, 0.2) is 11.4 Å². The monoisotopic (exact) mass is 295 g/mol. The van der Waals surface area contributed by atoms with E-state index in [2.05, 4.69) is 34.4 Å². The molecule has 3 rings (SSSR count). The molecule has 0 N–H and O–H groups in total. The van der Waals surface area contributed by atoms with Crippen LogP contribution in [0.2, 0.25) is 0 Å². The molecule has 0 spiro atoms. The zero-order chi connectivity index (χ0) is 15.7. The summed E-state index contributed by atoms with van der Waals surface area (Å²) in [6.07, 6.45) is 0. The van der Waals surface area contributed by atoms with Crippen LogP contribution < -0.4 is 9.64 Å². The summed E-state index contributed by atoms with van der Waals surface area (Å²) in [4.78, 5) is 6.79. The van der Waals surface area contributed by atoms with Gasteiger partial charge in [-0.25, -0.2) is 4.98 Å². The highest BCUT2D eigenvalue weighted by Gasteiger charge is 2.16. The second-order valence-corrected chi connectivity index (χ2v) is 5.69. The number of pyridine rings is 1. The van der Waals surface area contributed by atoms with Crippen LogP contribution in [0.4, 0.5) is 5.82 Å². The summed E-state index contributed by atoms with van der Waals surface area (Å²) < 4.78 is 8.16. The summed E-state index contributed by atoms with van der Waals surface area (Å²) in [5.74, 6) is 1.91. The Balaban J connectivity index is 2.01. The molecular formula is C18H21N3O. The highest BCUT2D eigenvalue weighted by Crippen LogP contribution is 2.28. The van der Waals surface area contributed by atoms with Gasteiger partial charge < -0.3 is 9.64 Å². The Morgan fingerprint density at radius 2 is 1.77 bits per heavy atom. The van der Waals surface area contributed by atoms with Crippen molar-refractivity contribution in [3.05, 3.63) is 59.4 Å². The number of imidazole rings is 1. The van der Waals surface area contributed by atoms with Gasteiger partial charge in [0.25, 0.3) is 0 Å². The summed E-state index contributed by atoms with van der Waals surface area (Å²) in [5.41, 5.74) is 4.17. The van der Waals surface area contributed by atoms with Gasteiger partial charge >= 0.3 is 0 Å². The van der Waals surface area contributed by atoms with Gasteiger partial charge in [-0.05, 0) is 31.5 Å². The Kier molecular flexibility index (Phi) is 3.75. The smallest absolute Gasteiger partial charge is 0.181 e. The zero-order valence-corrected chi connectivity index (χ0v) is 13.5. The molecule has 1 aromatic carbocycles. The average Bonchev–Trinajstić information content (AvgIpc) is 2.86. The SMILES string of the molecule is Cc1nc2c(OCc3ccccc3)ccc(C)n2c1N(C)C. The Labute approximate surface area is 131 Å². The average molecular weight is 295 g/mol. The molecule has 0 aliphatic rings. The summed E-state index contributed by atoms with van der Waals surface area (Å²) in [6.45, 7) is 4.66. The zero-order valence-electron chi connectivity index (χ0n) is 13.5. The molecule has 114 valence electrons. The van der Waals surface area contributed by atoms with Gasteiger partial charge in [-0.2, -0.15) is 0 Å². The first-order chi connectivity index (χ1) is 10.6. The highest BCUT2D eigenvalue weighted by atomic mass is 16.5. The van der Waals surface area contributed by atoms with Crippen molar-refractivity contribution in [1.82, 2.24) is 9.38 Å². The van der Waals surface area contributed by atoms with Crippen LogP contribution in [0.15, 0.2) is 42.5 Å². The van der Waals surface area contributed by atoms with E-state index in [1.54, 1.807) is 0 Å². The molecular weight excluding hydrogens is 274 g/mol. The normalized spacial score (nSPS) is 10.9. The molecule has 3 aromatic rings. The molecule has 0 aliphatic heterocycles. The van der Waals surface area contributed by atoms with Crippen molar-refractivity contribution < 1.29 is 4.74 Å². The van der Waals surface area contributed by atoms with Gasteiger partial charge in [-0.1, -0.05) is 30.3 Å². The van der Waals surface area contributed by atoms with Crippen molar-refractivity contribution in [2.75, 3.05) is 19.0 Å². The van der Waals surface area contributed by atoms with Crippen molar-refractivity contribution in [3.8, 4) is 5.75 Å². The molecule has 2 aromatic heterocycles. The van der Waals surface area contributed by atoms with Crippen molar-refractivity contribution in [3.63, 3.8) is 0 Å². The minimum absolute atomic E-state index is 0.544. The number of fused-ring (bicyclic) bond motifs is 1. The lowest BCUT2D eigenvalue weighted by Crippen LogP contribution is -2.13. The van der Waals surface area contributed by atoms with Gasteiger partial charge in [0.05, 0.1) is 5.69 Å². The molecule has 0 bridgehead atoms. The summed E-state index contributed by atoms with van der Waals surface area (Å²) in [7, 11) is 4.07. The van der Waals surface area contributed by atoms with Crippen LogP contribution >= 0.6 is 0 Å². The van der Waals surface area contributed by atoms with E-state index < -0.39 is 0 Å². The molecule has 0 unspecified atom stereocenters. The number of aryl methyl sites for hydroxylation is 2. The van der Waals surface area contributed by atoms with Crippen LogP contribution in [0.5, 0.6) is 5.75 Å². The lowest BCUT2D eigenvalue weighted by Gasteiger charge is -2.15. The Bertz CT molecular complexity index is 791. The van der Waals surface area contributed by atoms with Gasteiger partial charge in [0.1, 0.15) is 12.4 Å². The number of hydrogen-bond donors (Lipinski definition) is 0. The molecule has 0 saturated carbocycles. The van der Waals surface area contributed by atoms with E-state index in [9.17, 15) is 0 Å².